The molecule has 1 saturated heterocycles. The molecule has 3 nitrogen and oxygen atoms in total. The third-order valence-electron chi connectivity index (χ3n) is 3.37. The highest BCUT2D eigenvalue weighted by Crippen LogP contribution is 2.31. The van der Waals surface area contributed by atoms with Gasteiger partial charge in [0.1, 0.15) is 0 Å². The molecule has 0 bridgehead atoms. The summed E-state index contributed by atoms with van der Waals surface area (Å²) in [4.78, 5) is 2.34. The molecular formula is C15H22BrNO2. The van der Waals surface area contributed by atoms with Crippen molar-refractivity contribution in [1.29, 1.82) is 0 Å². The Morgan fingerprint density at radius 1 is 1.47 bits per heavy atom. The minimum absolute atomic E-state index is 0.132. The number of benzene rings is 1. The number of morpholine rings is 1. The van der Waals surface area contributed by atoms with E-state index in [-0.39, 0.29) is 11.7 Å². The minimum atomic E-state index is -0.455. The number of ether oxygens (including phenoxy) is 1. The van der Waals surface area contributed by atoms with E-state index < -0.39 is 6.10 Å². The molecule has 1 N–H and O–H groups in total. The summed E-state index contributed by atoms with van der Waals surface area (Å²) >= 11 is 3.54. The summed E-state index contributed by atoms with van der Waals surface area (Å²) in [5, 5.41) is 9.67. The van der Waals surface area contributed by atoms with E-state index in [1.807, 2.05) is 6.07 Å². The van der Waals surface area contributed by atoms with Crippen LogP contribution in [0.5, 0.6) is 0 Å². The maximum absolute atomic E-state index is 9.67. The van der Waals surface area contributed by atoms with Crippen LogP contribution in [0.4, 0.5) is 5.69 Å². The van der Waals surface area contributed by atoms with Crippen molar-refractivity contribution in [3.63, 3.8) is 0 Å². The van der Waals surface area contributed by atoms with Crippen molar-refractivity contribution in [1.82, 2.24) is 0 Å². The van der Waals surface area contributed by atoms with Gasteiger partial charge in [-0.05, 0) is 45.4 Å². The highest BCUT2D eigenvalue weighted by molar-refractivity contribution is 9.10. The molecule has 0 spiro atoms. The summed E-state index contributed by atoms with van der Waals surface area (Å²) < 4.78 is 6.88. The molecule has 19 heavy (non-hydrogen) atoms. The molecule has 0 aromatic heterocycles. The van der Waals surface area contributed by atoms with Gasteiger partial charge in [-0.3, -0.25) is 0 Å². The van der Waals surface area contributed by atoms with E-state index in [0.717, 1.165) is 23.1 Å². The third-order valence-corrected chi connectivity index (χ3v) is 4.06. The molecule has 2 atom stereocenters. The monoisotopic (exact) mass is 327 g/mol. The number of aliphatic hydroxyl groups excluding tert-OH is 1. The first-order valence-corrected chi connectivity index (χ1v) is 7.48. The van der Waals surface area contributed by atoms with Crippen LogP contribution in [-0.4, -0.2) is 29.9 Å². The van der Waals surface area contributed by atoms with Crippen molar-refractivity contribution in [3.8, 4) is 0 Å². The summed E-state index contributed by atoms with van der Waals surface area (Å²) in [6.07, 6.45) is -0.234. The zero-order valence-electron chi connectivity index (χ0n) is 12.0. The molecule has 0 aliphatic carbocycles. The van der Waals surface area contributed by atoms with Gasteiger partial charge in [-0.2, -0.15) is 0 Å². The maximum atomic E-state index is 9.67. The van der Waals surface area contributed by atoms with Crippen LogP contribution in [0, 0.1) is 0 Å². The van der Waals surface area contributed by atoms with Crippen LogP contribution in [0.15, 0.2) is 22.7 Å². The van der Waals surface area contributed by atoms with Gasteiger partial charge in [-0.25, -0.2) is 0 Å². The van der Waals surface area contributed by atoms with E-state index in [1.54, 1.807) is 6.92 Å². The van der Waals surface area contributed by atoms with Gasteiger partial charge in [0.05, 0.1) is 17.8 Å². The molecule has 106 valence electrons. The molecule has 1 unspecified atom stereocenters. The van der Waals surface area contributed by atoms with Crippen LogP contribution in [0.1, 0.15) is 39.4 Å². The van der Waals surface area contributed by atoms with Crippen molar-refractivity contribution in [2.75, 3.05) is 18.0 Å². The molecule has 4 heteroatoms. The van der Waals surface area contributed by atoms with Crippen molar-refractivity contribution in [2.24, 2.45) is 0 Å². The number of hydrogen-bond donors (Lipinski definition) is 1. The van der Waals surface area contributed by atoms with E-state index in [0.29, 0.717) is 0 Å². The van der Waals surface area contributed by atoms with Crippen molar-refractivity contribution in [3.05, 3.63) is 28.2 Å². The largest absolute Gasteiger partial charge is 0.389 e. The SMILES string of the molecule is CC1CN(c2ccc([C@H](C)O)c(Br)c2)CC(C)(C)O1. The second-order valence-corrected chi connectivity index (χ2v) is 6.80. The quantitative estimate of drug-likeness (QED) is 0.902. The summed E-state index contributed by atoms with van der Waals surface area (Å²) in [5.74, 6) is 0. The lowest BCUT2D eigenvalue weighted by molar-refractivity contribution is -0.0749. The first kappa shape index (κ1) is 14.8. The van der Waals surface area contributed by atoms with Crippen molar-refractivity contribution in [2.45, 2.75) is 45.5 Å². The van der Waals surface area contributed by atoms with Gasteiger partial charge >= 0.3 is 0 Å². The lowest BCUT2D eigenvalue weighted by Gasteiger charge is -2.43. The highest BCUT2D eigenvalue weighted by Gasteiger charge is 2.31. The van der Waals surface area contributed by atoms with Gasteiger partial charge in [0.15, 0.2) is 0 Å². The Hall–Kier alpha value is -0.580. The number of hydrogen-bond acceptors (Lipinski definition) is 3. The Morgan fingerprint density at radius 2 is 2.16 bits per heavy atom. The smallest absolute Gasteiger partial charge is 0.0805 e. The lowest BCUT2D eigenvalue weighted by Crippen LogP contribution is -2.52. The Morgan fingerprint density at radius 3 is 2.68 bits per heavy atom. The third kappa shape index (κ3) is 3.50. The normalized spacial score (nSPS) is 24.3. The molecule has 1 heterocycles. The van der Waals surface area contributed by atoms with E-state index >= 15 is 0 Å². The Balaban J connectivity index is 2.24. The Kier molecular flexibility index (Phi) is 4.23. The highest BCUT2D eigenvalue weighted by atomic mass is 79.9. The predicted molar refractivity (Wildman–Crippen MR) is 81.6 cm³/mol. The van der Waals surface area contributed by atoms with Gasteiger partial charge in [0.25, 0.3) is 0 Å². The molecule has 0 amide bonds. The van der Waals surface area contributed by atoms with Gasteiger partial charge in [-0.1, -0.05) is 22.0 Å². The summed E-state index contributed by atoms with van der Waals surface area (Å²) in [6.45, 7) is 9.89. The molecule has 1 aliphatic heterocycles. The minimum Gasteiger partial charge on any atom is -0.389 e. The van der Waals surface area contributed by atoms with E-state index in [9.17, 15) is 5.11 Å². The average Bonchev–Trinajstić information content (AvgIpc) is 2.25. The van der Waals surface area contributed by atoms with Gasteiger partial charge < -0.3 is 14.7 Å². The van der Waals surface area contributed by atoms with Gasteiger partial charge in [0, 0.05) is 23.2 Å². The van der Waals surface area contributed by atoms with Crippen LogP contribution in [0.3, 0.4) is 0 Å². The van der Waals surface area contributed by atoms with E-state index in [4.69, 9.17) is 4.74 Å². The van der Waals surface area contributed by atoms with Crippen molar-refractivity contribution >= 4 is 21.6 Å². The van der Waals surface area contributed by atoms with Crippen LogP contribution in [0.25, 0.3) is 0 Å². The molecule has 2 rings (SSSR count). The number of nitrogens with zero attached hydrogens (tertiary/aromatic N) is 1. The van der Waals surface area contributed by atoms with E-state index in [1.165, 1.54) is 5.69 Å². The first-order chi connectivity index (χ1) is 8.78. The summed E-state index contributed by atoms with van der Waals surface area (Å²) in [5.41, 5.74) is 1.96. The molecular weight excluding hydrogens is 306 g/mol. The second-order valence-electron chi connectivity index (χ2n) is 5.95. The number of aliphatic hydroxyl groups is 1. The van der Waals surface area contributed by atoms with E-state index in [2.05, 4.69) is 53.7 Å². The fourth-order valence-electron chi connectivity index (χ4n) is 2.70. The number of halogens is 1. The zero-order chi connectivity index (χ0) is 14.2. The number of rotatable bonds is 2. The Labute approximate surface area is 123 Å². The second kappa shape index (κ2) is 5.43. The number of anilines is 1. The fourth-order valence-corrected chi connectivity index (χ4v) is 3.40. The molecule has 1 fully saturated rings. The van der Waals surface area contributed by atoms with Crippen LogP contribution in [0.2, 0.25) is 0 Å². The maximum Gasteiger partial charge on any atom is 0.0805 e. The average molecular weight is 328 g/mol. The molecule has 0 radical (unpaired) electrons. The summed E-state index contributed by atoms with van der Waals surface area (Å²) in [7, 11) is 0. The van der Waals surface area contributed by atoms with Crippen LogP contribution < -0.4 is 4.90 Å². The molecule has 1 aliphatic rings. The molecule has 1 aromatic carbocycles. The Bertz CT molecular complexity index is 459. The first-order valence-electron chi connectivity index (χ1n) is 6.69. The topological polar surface area (TPSA) is 32.7 Å². The lowest BCUT2D eigenvalue weighted by atomic mass is 10.0. The molecule has 1 aromatic rings. The van der Waals surface area contributed by atoms with Crippen molar-refractivity contribution < 1.29 is 9.84 Å². The van der Waals surface area contributed by atoms with Crippen LogP contribution in [-0.2, 0) is 4.74 Å². The molecule has 0 saturated carbocycles. The zero-order valence-corrected chi connectivity index (χ0v) is 13.6. The predicted octanol–water partition coefficient (Wildman–Crippen LogP) is 3.51. The van der Waals surface area contributed by atoms with Gasteiger partial charge in [0.2, 0.25) is 0 Å². The summed E-state index contributed by atoms with van der Waals surface area (Å²) in [6, 6.07) is 6.13. The fraction of sp³-hybridized carbons (Fsp3) is 0.600. The van der Waals surface area contributed by atoms with Gasteiger partial charge in [-0.15, -0.1) is 0 Å². The van der Waals surface area contributed by atoms with Crippen LogP contribution >= 0.6 is 15.9 Å². The standard InChI is InChI=1S/C15H22BrNO2/c1-10-8-17(9-15(3,4)19-10)12-5-6-13(11(2)18)14(16)7-12/h5-7,10-11,18H,8-9H2,1-4H3/t10?,11-/m0/s1.